The maximum atomic E-state index is 10.6. The van der Waals surface area contributed by atoms with Gasteiger partial charge in [-0.1, -0.05) is 17.7 Å². The van der Waals surface area contributed by atoms with Crippen molar-refractivity contribution in [3.8, 4) is 0 Å². The van der Waals surface area contributed by atoms with E-state index < -0.39 is 10.1 Å². The first-order chi connectivity index (χ1) is 8.97. The largest absolute Gasteiger partial charge is 0.377 e. The normalized spacial score (nSPS) is 11.7. The highest BCUT2D eigenvalue weighted by Crippen LogP contribution is 2.05. The molecule has 108 valence electrons. The average molecular weight is 310 g/mol. The molecule has 0 N–H and O–H groups in total. The zero-order chi connectivity index (χ0) is 14.1. The van der Waals surface area contributed by atoms with E-state index in [0.717, 1.165) is 11.8 Å². The van der Waals surface area contributed by atoms with Crippen LogP contribution in [-0.4, -0.2) is 46.1 Å². The molecule has 0 aliphatic heterocycles. The van der Waals surface area contributed by atoms with E-state index in [1.165, 1.54) is 0 Å². The lowest BCUT2D eigenvalue weighted by atomic mass is 10.3. The Balaban J connectivity index is 1.98. The maximum Gasteiger partial charge on any atom is 0.264 e. The van der Waals surface area contributed by atoms with Gasteiger partial charge >= 0.3 is 0 Å². The fourth-order valence-corrected chi connectivity index (χ4v) is 1.63. The van der Waals surface area contributed by atoms with E-state index in [2.05, 4.69) is 9.17 Å². The van der Waals surface area contributed by atoms with E-state index in [4.69, 9.17) is 21.1 Å². The lowest BCUT2D eigenvalue weighted by Crippen LogP contribution is -2.12. The number of hydrogen-bond acceptors (Lipinski definition) is 6. The van der Waals surface area contributed by atoms with E-state index >= 15 is 0 Å². The van der Waals surface area contributed by atoms with Gasteiger partial charge in [0.05, 0.1) is 39.3 Å². The van der Waals surface area contributed by atoms with E-state index in [9.17, 15) is 8.42 Å². The predicted octanol–water partition coefficient (Wildman–Crippen LogP) is 1.24. The van der Waals surface area contributed by atoms with Crippen LogP contribution in [0, 0.1) is 0 Å². The van der Waals surface area contributed by atoms with E-state index in [1.54, 1.807) is 12.3 Å². The summed E-state index contributed by atoms with van der Waals surface area (Å²) in [4.78, 5) is 3.92. The summed E-state index contributed by atoms with van der Waals surface area (Å²) in [7, 11) is -3.39. The summed E-state index contributed by atoms with van der Waals surface area (Å²) in [6, 6.07) is 3.52. The van der Waals surface area contributed by atoms with Crippen molar-refractivity contribution in [2.75, 3.05) is 32.7 Å². The third-order valence-electron chi connectivity index (χ3n) is 1.95. The van der Waals surface area contributed by atoms with Crippen LogP contribution in [0.5, 0.6) is 0 Å². The van der Waals surface area contributed by atoms with Gasteiger partial charge in [-0.25, -0.2) is 4.98 Å². The molecule has 0 spiro atoms. The van der Waals surface area contributed by atoms with Crippen LogP contribution in [0.1, 0.15) is 5.56 Å². The van der Waals surface area contributed by atoms with Gasteiger partial charge in [0.25, 0.3) is 10.1 Å². The molecule has 19 heavy (non-hydrogen) atoms. The summed E-state index contributed by atoms with van der Waals surface area (Å²) in [5.74, 6) is 0. The van der Waals surface area contributed by atoms with Gasteiger partial charge in [0.15, 0.2) is 0 Å². The molecule has 1 rings (SSSR count). The predicted molar refractivity (Wildman–Crippen MR) is 70.5 cm³/mol. The van der Waals surface area contributed by atoms with Gasteiger partial charge in [-0.05, 0) is 11.6 Å². The van der Waals surface area contributed by atoms with Gasteiger partial charge in [-0.3, -0.25) is 4.18 Å². The molecule has 0 aromatic carbocycles. The number of ether oxygens (including phenoxy) is 2. The van der Waals surface area contributed by atoms with Gasteiger partial charge in [0.2, 0.25) is 0 Å². The molecule has 0 atom stereocenters. The molecule has 0 saturated carbocycles. The Kier molecular flexibility index (Phi) is 7.25. The van der Waals surface area contributed by atoms with E-state index in [0.29, 0.717) is 25.0 Å². The Morgan fingerprint density at radius 2 is 1.84 bits per heavy atom. The van der Waals surface area contributed by atoms with Gasteiger partial charge < -0.3 is 9.47 Å². The Labute approximate surface area is 117 Å². The summed E-state index contributed by atoms with van der Waals surface area (Å²) in [6.45, 7) is 1.42. The van der Waals surface area contributed by atoms with Crippen LogP contribution in [0.4, 0.5) is 0 Å². The van der Waals surface area contributed by atoms with Crippen molar-refractivity contribution in [3.63, 3.8) is 0 Å². The van der Waals surface area contributed by atoms with Crippen LogP contribution in [-0.2, 0) is 30.4 Å². The summed E-state index contributed by atoms with van der Waals surface area (Å²) >= 11 is 5.65. The van der Waals surface area contributed by atoms with Crippen molar-refractivity contribution < 1.29 is 22.1 Å². The number of aromatic nitrogens is 1. The lowest BCUT2D eigenvalue weighted by molar-refractivity contribution is 0.0310. The molecule has 0 saturated heterocycles. The van der Waals surface area contributed by atoms with Crippen molar-refractivity contribution in [2.24, 2.45) is 0 Å². The van der Waals surface area contributed by atoms with Gasteiger partial charge in [-0.2, -0.15) is 8.42 Å². The second kappa shape index (κ2) is 8.44. The summed E-state index contributed by atoms with van der Waals surface area (Å²) in [5, 5.41) is 0.443. The Hall–Kier alpha value is -0.730. The Morgan fingerprint density at radius 1 is 1.16 bits per heavy atom. The zero-order valence-corrected chi connectivity index (χ0v) is 12.1. The average Bonchev–Trinajstić information content (AvgIpc) is 2.33. The van der Waals surface area contributed by atoms with Gasteiger partial charge in [0.1, 0.15) is 5.15 Å². The van der Waals surface area contributed by atoms with Gasteiger partial charge in [-0.15, -0.1) is 0 Å². The quantitative estimate of drug-likeness (QED) is 0.388. The summed E-state index contributed by atoms with van der Waals surface area (Å²) in [5.41, 5.74) is 0.921. The van der Waals surface area contributed by atoms with Crippen LogP contribution in [0.3, 0.4) is 0 Å². The molecular formula is C11H16ClNO5S. The molecule has 0 bridgehead atoms. The second-order valence-corrected chi connectivity index (χ2v) is 5.71. The lowest BCUT2D eigenvalue weighted by Gasteiger charge is -2.06. The van der Waals surface area contributed by atoms with Crippen molar-refractivity contribution in [2.45, 2.75) is 6.61 Å². The SMILES string of the molecule is CS(=O)(=O)OCCOCCOCc1ccc(Cl)nc1. The molecule has 0 aliphatic rings. The van der Waals surface area contributed by atoms with Crippen molar-refractivity contribution in [3.05, 3.63) is 29.0 Å². The first kappa shape index (κ1) is 16.3. The molecule has 1 heterocycles. The highest BCUT2D eigenvalue weighted by atomic mass is 35.5. The van der Waals surface area contributed by atoms with Crippen LogP contribution < -0.4 is 0 Å². The molecule has 0 amide bonds. The molecule has 0 unspecified atom stereocenters. The third-order valence-corrected chi connectivity index (χ3v) is 2.77. The van der Waals surface area contributed by atoms with Crippen molar-refractivity contribution in [1.29, 1.82) is 0 Å². The van der Waals surface area contributed by atoms with Crippen molar-refractivity contribution >= 4 is 21.7 Å². The Bertz CT molecular complexity index is 462. The second-order valence-electron chi connectivity index (χ2n) is 3.68. The summed E-state index contributed by atoms with van der Waals surface area (Å²) in [6.07, 6.45) is 2.64. The number of halogens is 1. The van der Waals surface area contributed by atoms with Gasteiger partial charge in [0, 0.05) is 6.20 Å². The number of hydrogen-bond donors (Lipinski definition) is 0. The first-order valence-electron chi connectivity index (χ1n) is 5.58. The minimum absolute atomic E-state index is 0.0138. The maximum absolute atomic E-state index is 10.6. The number of pyridine rings is 1. The van der Waals surface area contributed by atoms with E-state index in [-0.39, 0.29) is 13.2 Å². The topological polar surface area (TPSA) is 74.7 Å². The standard InChI is InChI=1S/C11H16ClNO5S/c1-19(14,15)18-7-6-16-4-5-17-9-10-2-3-11(12)13-8-10/h2-3,8H,4-7,9H2,1H3. The smallest absolute Gasteiger partial charge is 0.264 e. The van der Waals surface area contributed by atoms with Crippen LogP contribution in [0.25, 0.3) is 0 Å². The molecular weight excluding hydrogens is 294 g/mol. The fraction of sp³-hybridized carbons (Fsp3) is 0.545. The molecule has 0 fully saturated rings. The Morgan fingerprint density at radius 3 is 2.47 bits per heavy atom. The molecule has 1 aromatic rings. The van der Waals surface area contributed by atoms with Crippen molar-refractivity contribution in [1.82, 2.24) is 4.98 Å². The third kappa shape index (κ3) is 8.90. The number of rotatable bonds is 9. The molecule has 8 heteroatoms. The molecule has 0 aliphatic carbocycles. The molecule has 0 radical (unpaired) electrons. The number of nitrogens with zero attached hydrogens (tertiary/aromatic N) is 1. The minimum Gasteiger partial charge on any atom is -0.377 e. The molecule has 6 nitrogen and oxygen atoms in total. The monoisotopic (exact) mass is 309 g/mol. The van der Waals surface area contributed by atoms with Crippen LogP contribution >= 0.6 is 11.6 Å². The fourth-order valence-electron chi connectivity index (χ4n) is 1.15. The summed E-state index contributed by atoms with van der Waals surface area (Å²) < 4.78 is 36.2. The van der Waals surface area contributed by atoms with Crippen LogP contribution in [0.2, 0.25) is 5.15 Å². The highest BCUT2D eigenvalue weighted by Gasteiger charge is 2.00. The zero-order valence-electron chi connectivity index (χ0n) is 10.5. The minimum atomic E-state index is -3.39. The first-order valence-corrected chi connectivity index (χ1v) is 7.77. The highest BCUT2D eigenvalue weighted by molar-refractivity contribution is 7.85. The van der Waals surface area contributed by atoms with E-state index in [1.807, 2.05) is 6.07 Å². The molecule has 1 aromatic heterocycles. The van der Waals surface area contributed by atoms with Crippen LogP contribution in [0.15, 0.2) is 18.3 Å².